The molecule has 6 heteroatoms. The molecule has 1 aliphatic heterocycles. The number of nitrogens with one attached hydrogen (secondary N) is 1. The molecule has 1 heterocycles. The third-order valence-electron chi connectivity index (χ3n) is 3.69. The molecule has 116 valence electrons. The monoisotopic (exact) mass is 310 g/mol. The molecule has 0 bridgehead atoms. The Bertz CT molecular complexity index is 532. The SMILES string of the molecule is COc1ccc(C2NC(C)C(=O)N2C(C)CS(C)=O)cc1. The van der Waals surface area contributed by atoms with E-state index >= 15 is 0 Å². The van der Waals surface area contributed by atoms with Crippen LogP contribution in [0.5, 0.6) is 5.75 Å². The van der Waals surface area contributed by atoms with Gasteiger partial charge in [0.1, 0.15) is 11.9 Å². The summed E-state index contributed by atoms with van der Waals surface area (Å²) in [6.45, 7) is 3.80. The molecule has 1 saturated heterocycles. The van der Waals surface area contributed by atoms with Crippen molar-refractivity contribution in [1.82, 2.24) is 10.2 Å². The van der Waals surface area contributed by atoms with Gasteiger partial charge in [0.15, 0.2) is 0 Å². The molecule has 1 aromatic rings. The standard InChI is InChI=1S/C15H22N2O3S/c1-10(9-21(4)19)17-14(16-11(2)15(17)18)12-5-7-13(20-3)8-6-12/h5-8,10-11,14,16H,9H2,1-4H3. The Morgan fingerprint density at radius 2 is 2.00 bits per heavy atom. The van der Waals surface area contributed by atoms with Crippen LogP contribution in [0.15, 0.2) is 24.3 Å². The van der Waals surface area contributed by atoms with E-state index in [2.05, 4.69) is 5.32 Å². The van der Waals surface area contributed by atoms with Crippen molar-refractivity contribution in [2.45, 2.75) is 32.1 Å². The second-order valence-electron chi connectivity index (χ2n) is 5.40. The zero-order valence-electron chi connectivity index (χ0n) is 12.8. The van der Waals surface area contributed by atoms with E-state index in [0.29, 0.717) is 5.75 Å². The first-order valence-corrected chi connectivity index (χ1v) is 8.69. The zero-order valence-corrected chi connectivity index (χ0v) is 13.6. The van der Waals surface area contributed by atoms with Gasteiger partial charge in [-0.15, -0.1) is 0 Å². The van der Waals surface area contributed by atoms with Gasteiger partial charge in [0.2, 0.25) is 5.91 Å². The van der Waals surface area contributed by atoms with Crippen molar-refractivity contribution in [2.24, 2.45) is 0 Å². The highest BCUT2D eigenvalue weighted by Gasteiger charge is 2.39. The molecule has 0 spiro atoms. The fraction of sp³-hybridized carbons (Fsp3) is 0.533. The van der Waals surface area contributed by atoms with E-state index in [1.165, 1.54) is 0 Å². The van der Waals surface area contributed by atoms with E-state index in [1.807, 2.05) is 38.1 Å². The van der Waals surface area contributed by atoms with Gasteiger partial charge in [-0.2, -0.15) is 0 Å². The van der Waals surface area contributed by atoms with Gasteiger partial charge >= 0.3 is 0 Å². The highest BCUT2D eigenvalue weighted by atomic mass is 32.2. The molecule has 0 radical (unpaired) electrons. The fourth-order valence-corrected chi connectivity index (χ4v) is 3.51. The molecule has 0 aliphatic carbocycles. The Morgan fingerprint density at radius 1 is 1.38 bits per heavy atom. The lowest BCUT2D eigenvalue weighted by atomic mass is 10.1. The summed E-state index contributed by atoms with van der Waals surface area (Å²) in [5, 5.41) is 3.30. The van der Waals surface area contributed by atoms with E-state index in [4.69, 9.17) is 4.74 Å². The highest BCUT2D eigenvalue weighted by Crippen LogP contribution is 2.28. The Hall–Kier alpha value is -1.40. The summed E-state index contributed by atoms with van der Waals surface area (Å²) < 4.78 is 16.6. The predicted octanol–water partition coefficient (Wildman–Crippen LogP) is 1.28. The first-order chi connectivity index (χ1) is 9.93. The number of rotatable bonds is 5. The van der Waals surface area contributed by atoms with Gasteiger partial charge in [0, 0.05) is 28.9 Å². The molecule has 0 aromatic heterocycles. The largest absolute Gasteiger partial charge is 0.497 e. The second-order valence-corrected chi connectivity index (χ2v) is 6.88. The first-order valence-electron chi connectivity index (χ1n) is 6.96. The van der Waals surface area contributed by atoms with E-state index in [1.54, 1.807) is 18.3 Å². The predicted molar refractivity (Wildman–Crippen MR) is 83.6 cm³/mol. The lowest BCUT2D eigenvalue weighted by Gasteiger charge is -2.30. The van der Waals surface area contributed by atoms with Crippen LogP contribution < -0.4 is 10.1 Å². The number of methoxy groups -OCH3 is 1. The summed E-state index contributed by atoms with van der Waals surface area (Å²) in [5.41, 5.74) is 1.00. The van der Waals surface area contributed by atoms with E-state index in [0.717, 1.165) is 11.3 Å². The van der Waals surface area contributed by atoms with Crippen molar-refractivity contribution >= 4 is 16.7 Å². The molecular formula is C15H22N2O3S. The molecule has 0 saturated carbocycles. The minimum absolute atomic E-state index is 0.0498. The maximum absolute atomic E-state index is 12.4. The van der Waals surface area contributed by atoms with E-state index < -0.39 is 10.8 Å². The average molecular weight is 310 g/mol. The van der Waals surface area contributed by atoms with Crippen molar-refractivity contribution < 1.29 is 13.7 Å². The summed E-state index contributed by atoms with van der Waals surface area (Å²) in [5.74, 6) is 1.31. The van der Waals surface area contributed by atoms with Crippen LogP contribution in [0.25, 0.3) is 0 Å². The summed E-state index contributed by atoms with van der Waals surface area (Å²) in [4.78, 5) is 14.2. The lowest BCUT2D eigenvalue weighted by molar-refractivity contribution is -0.131. The maximum Gasteiger partial charge on any atom is 0.241 e. The zero-order chi connectivity index (χ0) is 15.6. The summed E-state index contributed by atoms with van der Waals surface area (Å²) in [6, 6.07) is 7.35. The molecular weight excluding hydrogens is 288 g/mol. The molecule has 1 aromatic carbocycles. The van der Waals surface area contributed by atoms with Gasteiger partial charge in [-0.05, 0) is 31.5 Å². The van der Waals surface area contributed by atoms with Crippen LogP contribution in [-0.2, 0) is 15.6 Å². The lowest BCUT2D eigenvalue weighted by Crippen LogP contribution is -2.41. The van der Waals surface area contributed by atoms with Gasteiger partial charge in [0.25, 0.3) is 0 Å². The number of ether oxygens (including phenoxy) is 1. The van der Waals surface area contributed by atoms with Crippen molar-refractivity contribution in [3.63, 3.8) is 0 Å². The fourth-order valence-electron chi connectivity index (χ4n) is 2.67. The number of carbonyl (C=O) groups excluding carboxylic acids is 1. The topological polar surface area (TPSA) is 58.6 Å². The number of carbonyl (C=O) groups is 1. The van der Waals surface area contributed by atoms with Crippen molar-refractivity contribution in [2.75, 3.05) is 19.1 Å². The van der Waals surface area contributed by atoms with Gasteiger partial charge < -0.3 is 9.64 Å². The Labute approximate surface area is 128 Å². The van der Waals surface area contributed by atoms with E-state index in [9.17, 15) is 9.00 Å². The van der Waals surface area contributed by atoms with Crippen LogP contribution >= 0.6 is 0 Å². The van der Waals surface area contributed by atoms with Crippen molar-refractivity contribution in [3.8, 4) is 5.75 Å². The molecule has 1 fully saturated rings. The number of hydrogen-bond donors (Lipinski definition) is 1. The summed E-state index contributed by atoms with van der Waals surface area (Å²) in [7, 11) is 0.688. The normalized spacial score (nSPS) is 25.0. The molecule has 4 unspecified atom stereocenters. The van der Waals surface area contributed by atoms with Crippen LogP contribution in [0, 0.1) is 0 Å². The minimum Gasteiger partial charge on any atom is -0.497 e. The van der Waals surface area contributed by atoms with Crippen molar-refractivity contribution in [1.29, 1.82) is 0 Å². The maximum atomic E-state index is 12.4. The van der Waals surface area contributed by atoms with Crippen LogP contribution in [0.4, 0.5) is 0 Å². The molecule has 21 heavy (non-hydrogen) atoms. The molecule has 1 aliphatic rings. The second kappa shape index (κ2) is 6.58. The van der Waals surface area contributed by atoms with Gasteiger partial charge in [0.05, 0.1) is 13.2 Å². The van der Waals surface area contributed by atoms with Crippen LogP contribution in [0.2, 0.25) is 0 Å². The van der Waals surface area contributed by atoms with Gasteiger partial charge in [-0.3, -0.25) is 14.3 Å². The molecule has 2 rings (SSSR count). The third-order valence-corrected chi connectivity index (χ3v) is 4.65. The summed E-state index contributed by atoms with van der Waals surface area (Å²) >= 11 is 0. The van der Waals surface area contributed by atoms with Crippen LogP contribution in [0.3, 0.4) is 0 Å². The van der Waals surface area contributed by atoms with Gasteiger partial charge in [-0.25, -0.2) is 0 Å². The third kappa shape index (κ3) is 3.44. The molecule has 1 N–H and O–H groups in total. The summed E-state index contributed by atoms with van der Waals surface area (Å²) in [6.07, 6.45) is 1.48. The quantitative estimate of drug-likeness (QED) is 0.890. The van der Waals surface area contributed by atoms with Crippen LogP contribution in [-0.4, -0.2) is 46.2 Å². The minimum atomic E-state index is -0.936. The Morgan fingerprint density at radius 3 is 2.52 bits per heavy atom. The van der Waals surface area contributed by atoms with Gasteiger partial charge in [-0.1, -0.05) is 12.1 Å². The number of hydrogen-bond acceptors (Lipinski definition) is 4. The molecule has 4 atom stereocenters. The Balaban J connectivity index is 2.26. The van der Waals surface area contributed by atoms with Crippen molar-refractivity contribution in [3.05, 3.63) is 29.8 Å². The van der Waals surface area contributed by atoms with Crippen LogP contribution in [0.1, 0.15) is 25.6 Å². The average Bonchev–Trinajstić information content (AvgIpc) is 2.74. The smallest absolute Gasteiger partial charge is 0.241 e. The van der Waals surface area contributed by atoms with E-state index in [-0.39, 0.29) is 24.2 Å². The Kier molecular flexibility index (Phi) is 5.00. The highest BCUT2D eigenvalue weighted by molar-refractivity contribution is 7.84. The number of nitrogens with zero attached hydrogens (tertiary/aromatic N) is 1. The number of amides is 1. The molecule has 5 nitrogen and oxygen atoms in total. The number of benzene rings is 1. The first kappa shape index (κ1) is 16.0. The molecule has 1 amide bonds.